The maximum atomic E-state index is 12.0. The van der Waals surface area contributed by atoms with E-state index in [2.05, 4.69) is 23.9 Å². The zero-order valence-corrected chi connectivity index (χ0v) is 15.8. The van der Waals surface area contributed by atoms with E-state index in [-0.39, 0.29) is 18.6 Å². The van der Waals surface area contributed by atoms with Gasteiger partial charge in [0.1, 0.15) is 0 Å². The molecule has 0 aliphatic carbocycles. The van der Waals surface area contributed by atoms with E-state index in [1.807, 2.05) is 6.92 Å². The first kappa shape index (κ1) is 20.8. The molecule has 0 saturated carbocycles. The van der Waals surface area contributed by atoms with E-state index in [1.54, 1.807) is 12.1 Å². The molecular formula is C19H29NO5. The van der Waals surface area contributed by atoms with Crippen LogP contribution in [0.2, 0.25) is 0 Å². The zero-order chi connectivity index (χ0) is 18.8. The van der Waals surface area contributed by atoms with Crippen molar-refractivity contribution < 1.29 is 23.8 Å². The SMILES string of the molecule is COC(=O)c1ccc(OCC(=O)N[C@@H](C)CCCC(C)C)c(OC)c1. The van der Waals surface area contributed by atoms with Gasteiger partial charge in [-0.3, -0.25) is 4.79 Å². The molecule has 1 aromatic carbocycles. The van der Waals surface area contributed by atoms with E-state index < -0.39 is 5.97 Å². The van der Waals surface area contributed by atoms with Gasteiger partial charge in [-0.25, -0.2) is 4.79 Å². The van der Waals surface area contributed by atoms with Gasteiger partial charge in [-0.05, 0) is 37.5 Å². The fourth-order valence-electron chi connectivity index (χ4n) is 2.40. The number of hydrogen-bond donors (Lipinski definition) is 1. The molecule has 0 aliphatic rings. The summed E-state index contributed by atoms with van der Waals surface area (Å²) in [7, 11) is 2.78. The van der Waals surface area contributed by atoms with Crippen LogP contribution in [0.4, 0.5) is 0 Å². The van der Waals surface area contributed by atoms with Crippen molar-refractivity contribution in [1.82, 2.24) is 5.32 Å². The lowest BCUT2D eigenvalue weighted by molar-refractivity contribution is -0.123. The fourth-order valence-corrected chi connectivity index (χ4v) is 2.40. The molecule has 0 aromatic heterocycles. The summed E-state index contributed by atoms with van der Waals surface area (Å²) in [6, 6.07) is 4.78. The minimum atomic E-state index is -0.460. The third-order valence-corrected chi connectivity index (χ3v) is 3.77. The van der Waals surface area contributed by atoms with Gasteiger partial charge in [0.05, 0.1) is 19.8 Å². The van der Waals surface area contributed by atoms with Crippen LogP contribution in [0.1, 0.15) is 50.4 Å². The Labute approximate surface area is 149 Å². The lowest BCUT2D eigenvalue weighted by Crippen LogP contribution is -2.36. The number of methoxy groups -OCH3 is 2. The number of ether oxygens (including phenoxy) is 3. The molecule has 6 nitrogen and oxygen atoms in total. The number of esters is 1. The van der Waals surface area contributed by atoms with Gasteiger partial charge in [0.15, 0.2) is 18.1 Å². The maximum Gasteiger partial charge on any atom is 0.337 e. The van der Waals surface area contributed by atoms with Crippen LogP contribution in [0.25, 0.3) is 0 Å². The van der Waals surface area contributed by atoms with Gasteiger partial charge in [-0.2, -0.15) is 0 Å². The Morgan fingerprint density at radius 1 is 1.08 bits per heavy atom. The van der Waals surface area contributed by atoms with Crippen molar-refractivity contribution in [2.24, 2.45) is 5.92 Å². The minimum absolute atomic E-state index is 0.109. The number of nitrogens with one attached hydrogen (secondary N) is 1. The van der Waals surface area contributed by atoms with Crippen molar-refractivity contribution in [1.29, 1.82) is 0 Å². The van der Waals surface area contributed by atoms with Gasteiger partial charge >= 0.3 is 5.97 Å². The van der Waals surface area contributed by atoms with E-state index in [9.17, 15) is 9.59 Å². The van der Waals surface area contributed by atoms with Crippen molar-refractivity contribution in [3.05, 3.63) is 23.8 Å². The van der Waals surface area contributed by atoms with E-state index in [0.29, 0.717) is 23.0 Å². The number of carbonyl (C=O) groups is 2. The molecule has 0 heterocycles. The summed E-state index contributed by atoms with van der Waals surface area (Å²) in [6.07, 6.45) is 3.18. The van der Waals surface area contributed by atoms with Gasteiger partial charge in [0.2, 0.25) is 0 Å². The molecule has 1 N–H and O–H groups in total. The molecule has 1 rings (SSSR count). The number of carbonyl (C=O) groups excluding carboxylic acids is 2. The molecule has 6 heteroatoms. The Hall–Kier alpha value is -2.24. The maximum absolute atomic E-state index is 12.0. The first-order valence-electron chi connectivity index (χ1n) is 8.55. The third-order valence-electron chi connectivity index (χ3n) is 3.77. The second-order valence-electron chi connectivity index (χ2n) is 6.44. The molecule has 0 radical (unpaired) electrons. The minimum Gasteiger partial charge on any atom is -0.493 e. The molecule has 0 spiro atoms. The summed E-state index contributed by atoms with van der Waals surface area (Å²) in [4.78, 5) is 23.5. The number of amides is 1. The van der Waals surface area contributed by atoms with Crippen LogP contribution in [0.15, 0.2) is 18.2 Å². The molecule has 25 heavy (non-hydrogen) atoms. The third kappa shape index (κ3) is 7.45. The lowest BCUT2D eigenvalue weighted by Gasteiger charge is -2.16. The Morgan fingerprint density at radius 2 is 1.80 bits per heavy atom. The van der Waals surface area contributed by atoms with Gasteiger partial charge < -0.3 is 19.5 Å². The van der Waals surface area contributed by atoms with Crippen LogP contribution in [0.5, 0.6) is 11.5 Å². The highest BCUT2D eigenvalue weighted by Crippen LogP contribution is 2.28. The van der Waals surface area contributed by atoms with Crippen LogP contribution in [-0.4, -0.2) is 38.7 Å². The zero-order valence-electron chi connectivity index (χ0n) is 15.8. The Morgan fingerprint density at radius 3 is 2.40 bits per heavy atom. The van der Waals surface area contributed by atoms with Crippen molar-refractivity contribution in [3.8, 4) is 11.5 Å². The smallest absolute Gasteiger partial charge is 0.337 e. The molecule has 1 atom stereocenters. The second-order valence-corrected chi connectivity index (χ2v) is 6.44. The molecule has 1 aromatic rings. The average molecular weight is 351 g/mol. The molecule has 0 bridgehead atoms. The first-order valence-corrected chi connectivity index (χ1v) is 8.55. The van der Waals surface area contributed by atoms with Gasteiger partial charge in [-0.1, -0.05) is 26.7 Å². The summed E-state index contributed by atoms with van der Waals surface area (Å²) >= 11 is 0. The standard InChI is InChI=1S/C19H29NO5/c1-13(2)7-6-8-14(3)20-18(21)12-25-16-10-9-15(19(22)24-5)11-17(16)23-4/h9-11,13-14H,6-8,12H2,1-5H3,(H,20,21)/t14-/m0/s1. The number of hydrogen-bond acceptors (Lipinski definition) is 5. The van der Waals surface area contributed by atoms with Crippen molar-refractivity contribution in [2.45, 2.75) is 46.1 Å². The molecule has 1 amide bonds. The summed E-state index contributed by atoms with van der Waals surface area (Å²) in [5.41, 5.74) is 0.356. The van der Waals surface area contributed by atoms with Gasteiger partial charge in [0, 0.05) is 6.04 Å². The molecule has 0 aliphatic heterocycles. The Bertz CT molecular complexity index is 571. The Balaban J connectivity index is 2.51. The summed E-state index contributed by atoms with van der Waals surface area (Å²) < 4.78 is 15.4. The first-order chi connectivity index (χ1) is 11.9. The number of benzene rings is 1. The quantitative estimate of drug-likeness (QED) is 0.655. The highest BCUT2D eigenvalue weighted by molar-refractivity contribution is 5.90. The van der Waals surface area contributed by atoms with Crippen LogP contribution in [0.3, 0.4) is 0 Å². The molecule has 0 unspecified atom stereocenters. The van der Waals surface area contributed by atoms with E-state index in [1.165, 1.54) is 20.3 Å². The van der Waals surface area contributed by atoms with Gasteiger partial charge in [0.25, 0.3) is 5.91 Å². The molecule has 0 fully saturated rings. The second kappa shape index (κ2) is 10.6. The number of rotatable bonds is 10. The molecule has 140 valence electrons. The largest absolute Gasteiger partial charge is 0.493 e. The van der Waals surface area contributed by atoms with Crippen LogP contribution in [0, 0.1) is 5.92 Å². The normalized spacial score (nSPS) is 11.8. The van der Waals surface area contributed by atoms with E-state index in [4.69, 9.17) is 9.47 Å². The van der Waals surface area contributed by atoms with Crippen LogP contribution < -0.4 is 14.8 Å². The van der Waals surface area contributed by atoms with Crippen LogP contribution in [-0.2, 0) is 9.53 Å². The highest BCUT2D eigenvalue weighted by atomic mass is 16.5. The highest BCUT2D eigenvalue weighted by Gasteiger charge is 2.13. The fraction of sp³-hybridized carbons (Fsp3) is 0.579. The Kier molecular flexibility index (Phi) is 8.81. The summed E-state index contributed by atoms with van der Waals surface area (Å²) in [6.45, 7) is 6.26. The average Bonchev–Trinajstić information content (AvgIpc) is 2.58. The molecular weight excluding hydrogens is 322 g/mol. The topological polar surface area (TPSA) is 73.9 Å². The molecule has 0 saturated heterocycles. The van der Waals surface area contributed by atoms with Crippen LogP contribution >= 0.6 is 0 Å². The van der Waals surface area contributed by atoms with Gasteiger partial charge in [-0.15, -0.1) is 0 Å². The summed E-state index contributed by atoms with van der Waals surface area (Å²) in [5.74, 6) is 0.805. The summed E-state index contributed by atoms with van der Waals surface area (Å²) in [5, 5.41) is 2.92. The lowest BCUT2D eigenvalue weighted by atomic mass is 10.0. The van der Waals surface area contributed by atoms with Crippen molar-refractivity contribution >= 4 is 11.9 Å². The predicted octanol–water partition coefficient (Wildman–Crippen LogP) is 3.19. The monoisotopic (exact) mass is 351 g/mol. The van der Waals surface area contributed by atoms with Crippen molar-refractivity contribution in [3.63, 3.8) is 0 Å². The van der Waals surface area contributed by atoms with E-state index in [0.717, 1.165) is 19.3 Å². The van der Waals surface area contributed by atoms with Crippen molar-refractivity contribution in [2.75, 3.05) is 20.8 Å². The predicted molar refractivity (Wildman–Crippen MR) is 96.1 cm³/mol. The van der Waals surface area contributed by atoms with E-state index >= 15 is 0 Å².